The van der Waals surface area contributed by atoms with Crippen molar-refractivity contribution in [3.05, 3.63) is 35.9 Å². The summed E-state index contributed by atoms with van der Waals surface area (Å²) in [6, 6.07) is 11.1. The third kappa shape index (κ3) is 2.91. The maximum atomic E-state index is 5.14. The first-order valence-electron chi connectivity index (χ1n) is 8.00. The SMILES string of the molecule is COCCNCC(C)(C1CC1)C1CC1c1ccccc1. The second-order valence-corrected chi connectivity index (χ2v) is 6.81. The van der Waals surface area contributed by atoms with E-state index in [-0.39, 0.29) is 0 Å². The molecule has 20 heavy (non-hydrogen) atoms. The molecule has 2 aliphatic rings. The Bertz CT molecular complexity index is 428. The fourth-order valence-electron chi connectivity index (χ4n) is 3.85. The zero-order valence-electron chi connectivity index (χ0n) is 12.8. The van der Waals surface area contributed by atoms with Crippen molar-refractivity contribution in [2.45, 2.75) is 32.1 Å². The second-order valence-electron chi connectivity index (χ2n) is 6.81. The van der Waals surface area contributed by atoms with Crippen LogP contribution in [0.25, 0.3) is 0 Å². The van der Waals surface area contributed by atoms with E-state index in [2.05, 4.69) is 42.6 Å². The molecule has 1 aromatic rings. The van der Waals surface area contributed by atoms with Crippen molar-refractivity contribution in [3.63, 3.8) is 0 Å². The minimum Gasteiger partial charge on any atom is -0.383 e. The molecule has 2 heteroatoms. The average Bonchev–Trinajstić information content (AvgIpc) is 3.36. The molecule has 2 fully saturated rings. The largest absolute Gasteiger partial charge is 0.383 e. The van der Waals surface area contributed by atoms with Gasteiger partial charge in [0, 0.05) is 20.2 Å². The van der Waals surface area contributed by atoms with Crippen molar-refractivity contribution in [3.8, 4) is 0 Å². The molecule has 0 heterocycles. The molecule has 110 valence electrons. The Labute approximate surface area is 122 Å². The first kappa shape index (κ1) is 14.1. The molecule has 0 bridgehead atoms. The summed E-state index contributed by atoms with van der Waals surface area (Å²) in [5, 5.41) is 3.62. The highest BCUT2D eigenvalue weighted by Gasteiger charge is 2.56. The fraction of sp³-hybridized carbons (Fsp3) is 0.667. The highest BCUT2D eigenvalue weighted by molar-refractivity contribution is 5.28. The second kappa shape index (κ2) is 5.87. The van der Waals surface area contributed by atoms with E-state index < -0.39 is 0 Å². The predicted molar refractivity (Wildman–Crippen MR) is 82.9 cm³/mol. The smallest absolute Gasteiger partial charge is 0.0587 e. The Morgan fingerprint density at radius 2 is 2.00 bits per heavy atom. The number of hydrogen-bond acceptors (Lipinski definition) is 2. The van der Waals surface area contributed by atoms with Crippen molar-refractivity contribution in [1.29, 1.82) is 0 Å². The highest BCUT2D eigenvalue weighted by Crippen LogP contribution is 2.63. The van der Waals surface area contributed by atoms with Gasteiger partial charge in [-0.05, 0) is 48.0 Å². The van der Waals surface area contributed by atoms with Crippen LogP contribution in [-0.2, 0) is 4.74 Å². The van der Waals surface area contributed by atoms with Crippen LogP contribution in [-0.4, -0.2) is 26.8 Å². The lowest BCUT2D eigenvalue weighted by atomic mass is 9.78. The molecule has 0 radical (unpaired) electrons. The first-order chi connectivity index (χ1) is 9.75. The van der Waals surface area contributed by atoms with Crippen LogP contribution in [0.5, 0.6) is 0 Å². The zero-order valence-corrected chi connectivity index (χ0v) is 12.8. The Hall–Kier alpha value is -0.860. The van der Waals surface area contributed by atoms with E-state index in [4.69, 9.17) is 4.74 Å². The standard InChI is InChI=1S/C18H27NO/c1-18(15-8-9-15,13-19-10-11-20-2)17-12-16(17)14-6-4-3-5-7-14/h3-7,15-17,19H,8-13H2,1-2H3. The Morgan fingerprint density at radius 3 is 2.65 bits per heavy atom. The maximum absolute atomic E-state index is 5.14. The van der Waals surface area contributed by atoms with E-state index in [1.165, 1.54) is 19.3 Å². The van der Waals surface area contributed by atoms with Gasteiger partial charge in [0.25, 0.3) is 0 Å². The van der Waals surface area contributed by atoms with Gasteiger partial charge in [0.05, 0.1) is 6.61 Å². The van der Waals surface area contributed by atoms with E-state index in [1.807, 2.05) is 0 Å². The minimum absolute atomic E-state index is 0.480. The van der Waals surface area contributed by atoms with E-state index in [0.717, 1.165) is 37.5 Å². The van der Waals surface area contributed by atoms with Gasteiger partial charge >= 0.3 is 0 Å². The van der Waals surface area contributed by atoms with Crippen LogP contribution in [0.2, 0.25) is 0 Å². The molecule has 2 saturated carbocycles. The van der Waals surface area contributed by atoms with Gasteiger partial charge in [0.2, 0.25) is 0 Å². The van der Waals surface area contributed by atoms with Crippen molar-refractivity contribution in [1.82, 2.24) is 5.32 Å². The molecule has 0 saturated heterocycles. The number of ether oxygens (including phenoxy) is 1. The Morgan fingerprint density at radius 1 is 1.25 bits per heavy atom. The molecule has 0 spiro atoms. The van der Waals surface area contributed by atoms with Gasteiger partial charge in [-0.2, -0.15) is 0 Å². The summed E-state index contributed by atoms with van der Waals surface area (Å²) < 4.78 is 5.14. The molecule has 2 nitrogen and oxygen atoms in total. The van der Waals surface area contributed by atoms with Crippen LogP contribution in [0.3, 0.4) is 0 Å². The highest BCUT2D eigenvalue weighted by atomic mass is 16.5. The molecule has 2 aliphatic carbocycles. The van der Waals surface area contributed by atoms with Gasteiger partial charge in [0.1, 0.15) is 0 Å². The maximum Gasteiger partial charge on any atom is 0.0587 e. The summed E-state index contributed by atoms with van der Waals surface area (Å²) in [6.45, 7) is 5.45. The lowest BCUT2D eigenvalue weighted by molar-refractivity contribution is 0.176. The van der Waals surface area contributed by atoms with E-state index in [1.54, 1.807) is 12.7 Å². The summed E-state index contributed by atoms with van der Waals surface area (Å²) in [4.78, 5) is 0. The molecule has 0 aliphatic heterocycles. The number of benzene rings is 1. The van der Waals surface area contributed by atoms with Gasteiger partial charge in [-0.3, -0.25) is 0 Å². The number of methoxy groups -OCH3 is 1. The van der Waals surface area contributed by atoms with Crippen molar-refractivity contribution in [2.75, 3.05) is 26.8 Å². The number of hydrogen-bond donors (Lipinski definition) is 1. The summed E-state index contributed by atoms with van der Waals surface area (Å²) in [5.41, 5.74) is 2.02. The van der Waals surface area contributed by atoms with E-state index in [9.17, 15) is 0 Å². The third-order valence-electron chi connectivity index (χ3n) is 5.36. The molecule has 3 rings (SSSR count). The summed E-state index contributed by atoms with van der Waals surface area (Å²) >= 11 is 0. The summed E-state index contributed by atoms with van der Waals surface area (Å²) in [5.74, 6) is 2.61. The average molecular weight is 273 g/mol. The van der Waals surface area contributed by atoms with Crippen LogP contribution in [0.15, 0.2) is 30.3 Å². The zero-order chi connectivity index (χ0) is 14.0. The van der Waals surface area contributed by atoms with Gasteiger partial charge < -0.3 is 10.1 Å². The van der Waals surface area contributed by atoms with Crippen LogP contribution >= 0.6 is 0 Å². The lowest BCUT2D eigenvalue weighted by Gasteiger charge is -2.31. The number of nitrogens with one attached hydrogen (secondary N) is 1. The quantitative estimate of drug-likeness (QED) is 0.733. The van der Waals surface area contributed by atoms with E-state index in [0.29, 0.717) is 5.41 Å². The van der Waals surface area contributed by atoms with Gasteiger partial charge in [-0.15, -0.1) is 0 Å². The predicted octanol–water partition coefficient (Wildman–Crippen LogP) is 3.44. The molecule has 3 atom stereocenters. The Kier molecular flexibility index (Phi) is 4.13. The summed E-state index contributed by atoms with van der Waals surface area (Å²) in [7, 11) is 1.77. The van der Waals surface area contributed by atoms with Crippen LogP contribution < -0.4 is 5.32 Å². The van der Waals surface area contributed by atoms with Crippen LogP contribution in [0.4, 0.5) is 0 Å². The van der Waals surface area contributed by atoms with Gasteiger partial charge in [-0.25, -0.2) is 0 Å². The molecule has 0 aromatic heterocycles. The van der Waals surface area contributed by atoms with Crippen LogP contribution in [0.1, 0.15) is 37.7 Å². The Balaban J connectivity index is 1.60. The van der Waals surface area contributed by atoms with Crippen molar-refractivity contribution in [2.24, 2.45) is 17.3 Å². The normalized spacial score (nSPS) is 28.1. The molecule has 1 aromatic carbocycles. The first-order valence-corrected chi connectivity index (χ1v) is 8.00. The van der Waals surface area contributed by atoms with Gasteiger partial charge in [0.15, 0.2) is 0 Å². The minimum atomic E-state index is 0.480. The lowest BCUT2D eigenvalue weighted by Crippen LogP contribution is -2.37. The monoisotopic (exact) mass is 273 g/mol. The van der Waals surface area contributed by atoms with Crippen molar-refractivity contribution < 1.29 is 4.74 Å². The molecule has 1 N–H and O–H groups in total. The molecule has 0 amide bonds. The topological polar surface area (TPSA) is 21.3 Å². The van der Waals surface area contributed by atoms with Crippen molar-refractivity contribution >= 4 is 0 Å². The molecular formula is C18H27NO. The van der Waals surface area contributed by atoms with Gasteiger partial charge in [-0.1, -0.05) is 37.3 Å². The van der Waals surface area contributed by atoms with Crippen LogP contribution in [0, 0.1) is 17.3 Å². The van der Waals surface area contributed by atoms with E-state index >= 15 is 0 Å². The fourth-order valence-corrected chi connectivity index (χ4v) is 3.85. The molecule has 3 unspecified atom stereocenters. The summed E-state index contributed by atoms with van der Waals surface area (Å²) in [6.07, 6.45) is 4.24. The third-order valence-corrected chi connectivity index (χ3v) is 5.36. The number of rotatable bonds is 8. The molecular weight excluding hydrogens is 246 g/mol.